The zero-order valence-corrected chi connectivity index (χ0v) is 12.7. The molecule has 0 aliphatic rings. The minimum Gasteiger partial charge on any atom is -0.363 e. The predicted molar refractivity (Wildman–Crippen MR) is 79.4 cm³/mol. The summed E-state index contributed by atoms with van der Waals surface area (Å²) in [5, 5.41) is 2.12. The summed E-state index contributed by atoms with van der Waals surface area (Å²) >= 11 is 0. The average molecular weight is 331 g/mol. The molecule has 0 saturated carbocycles. The third-order valence-electron chi connectivity index (χ3n) is 2.27. The lowest BCUT2D eigenvalue weighted by Gasteiger charge is -2.15. The van der Waals surface area contributed by atoms with Crippen molar-refractivity contribution < 1.29 is 13.6 Å². The summed E-state index contributed by atoms with van der Waals surface area (Å²) in [4.78, 5) is 17.3. The van der Waals surface area contributed by atoms with Crippen molar-refractivity contribution >= 4 is 36.5 Å². The van der Waals surface area contributed by atoms with Crippen LogP contribution in [0.5, 0.6) is 0 Å². The van der Waals surface area contributed by atoms with Crippen LogP contribution in [0.2, 0.25) is 0 Å². The van der Waals surface area contributed by atoms with Crippen molar-refractivity contribution in [2.45, 2.75) is 5.92 Å². The fourth-order valence-corrected chi connectivity index (χ4v) is 1.17. The van der Waals surface area contributed by atoms with Crippen LogP contribution < -0.4 is 16.0 Å². The molecule has 0 spiro atoms. The molecular formula is C11H18Cl2F2N4O. The minimum absolute atomic E-state index is 0. The molecule has 0 atom stereocenters. The van der Waals surface area contributed by atoms with Crippen molar-refractivity contribution in [3.05, 3.63) is 23.9 Å². The van der Waals surface area contributed by atoms with E-state index in [0.717, 1.165) is 0 Å². The second-order valence-corrected chi connectivity index (χ2v) is 4.04. The number of amides is 1. The molecule has 116 valence electrons. The number of aromatic nitrogens is 1. The molecular weight excluding hydrogens is 313 g/mol. The first-order valence-electron chi connectivity index (χ1n) is 5.35. The number of pyridine rings is 1. The van der Waals surface area contributed by atoms with Crippen LogP contribution in [0.15, 0.2) is 18.3 Å². The van der Waals surface area contributed by atoms with Crippen molar-refractivity contribution in [2.24, 2.45) is 5.73 Å². The van der Waals surface area contributed by atoms with E-state index in [0.29, 0.717) is 5.82 Å². The van der Waals surface area contributed by atoms with Gasteiger partial charge in [0.25, 0.3) is 11.8 Å². The molecule has 0 saturated heterocycles. The third-order valence-corrected chi connectivity index (χ3v) is 2.27. The molecule has 1 aromatic rings. The quantitative estimate of drug-likeness (QED) is 0.854. The van der Waals surface area contributed by atoms with Gasteiger partial charge >= 0.3 is 0 Å². The Bertz CT molecular complexity index is 415. The van der Waals surface area contributed by atoms with Crippen LogP contribution in [0.25, 0.3) is 0 Å². The number of nitrogens with two attached hydrogens (primary N) is 1. The van der Waals surface area contributed by atoms with E-state index in [1.807, 2.05) is 14.1 Å². The first-order valence-corrected chi connectivity index (χ1v) is 5.35. The maximum atomic E-state index is 12.8. The number of anilines is 1. The summed E-state index contributed by atoms with van der Waals surface area (Å²) < 4.78 is 25.7. The summed E-state index contributed by atoms with van der Waals surface area (Å²) in [5.74, 6) is -3.01. The molecule has 5 nitrogen and oxygen atoms in total. The topological polar surface area (TPSA) is 71.2 Å². The second kappa shape index (κ2) is 8.89. The van der Waals surface area contributed by atoms with Gasteiger partial charge in [-0.05, 0) is 12.1 Å². The highest BCUT2D eigenvalue weighted by Crippen LogP contribution is 2.10. The van der Waals surface area contributed by atoms with Crippen LogP contribution in [0.4, 0.5) is 14.6 Å². The van der Waals surface area contributed by atoms with Crippen molar-refractivity contribution in [1.29, 1.82) is 0 Å². The SMILES string of the molecule is CN(C)c1ccc(C(=O)NCC(F)(F)CN)cn1.Cl.Cl. The number of carbonyl (C=O) groups excluding carboxylic acids is 1. The van der Waals surface area contributed by atoms with E-state index in [9.17, 15) is 13.6 Å². The number of hydrogen-bond donors (Lipinski definition) is 2. The standard InChI is InChI=1S/C11H16F2N4O.2ClH/c1-17(2)9-4-3-8(5-15-9)10(18)16-7-11(12,13)6-14;;/h3-5H,6-7,14H2,1-2H3,(H,16,18);2*1H. The summed E-state index contributed by atoms with van der Waals surface area (Å²) in [5.41, 5.74) is 5.10. The molecule has 0 fully saturated rings. The zero-order chi connectivity index (χ0) is 13.8. The van der Waals surface area contributed by atoms with E-state index in [-0.39, 0.29) is 30.4 Å². The van der Waals surface area contributed by atoms with E-state index >= 15 is 0 Å². The Kier molecular flexibility index (Phi) is 9.38. The Morgan fingerprint density at radius 3 is 2.40 bits per heavy atom. The van der Waals surface area contributed by atoms with Gasteiger partial charge in [0.15, 0.2) is 0 Å². The molecule has 0 aromatic carbocycles. The van der Waals surface area contributed by atoms with Gasteiger partial charge in [-0.15, -0.1) is 24.8 Å². The predicted octanol–water partition coefficient (Wildman–Crippen LogP) is 1.31. The fraction of sp³-hybridized carbons (Fsp3) is 0.455. The molecule has 0 unspecified atom stereocenters. The van der Waals surface area contributed by atoms with E-state index in [1.54, 1.807) is 11.0 Å². The average Bonchev–Trinajstić information content (AvgIpc) is 2.36. The van der Waals surface area contributed by atoms with Crippen molar-refractivity contribution in [1.82, 2.24) is 10.3 Å². The molecule has 1 heterocycles. The molecule has 1 amide bonds. The molecule has 1 rings (SSSR count). The van der Waals surface area contributed by atoms with E-state index in [1.165, 1.54) is 12.3 Å². The number of nitrogens with one attached hydrogen (secondary N) is 1. The Balaban J connectivity index is 0. The van der Waals surface area contributed by atoms with E-state index in [4.69, 9.17) is 5.73 Å². The fourth-order valence-electron chi connectivity index (χ4n) is 1.17. The number of halogens is 4. The zero-order valence-electron chi connectivity index (χ0n) is 11.1. The van der Waals surface area contributed by atoms with Crippen LogP contribution in [-0.2, 0) is 0 Å². The number of hydrogen-bond acceptors (Lipinski definition) is 4. The molecule has 0 radical (unpaired) electrons. The molecule has 1 aromatic heterocycles. The monoisotopic (exact) mass is 330 g/mol. The van der Waals surface area contributed by atoms with Gasteiger partial charge in [0.1, 0.15) is 5.82 Å². The Hall–Kier alpha value is -1.18. The van der Waals surface area contributed by atoms with Gasteiger partial charge in [0, 0.05) is 20.3 Å². The maximum Gasteiger partial charge on any atom is 0.277 e. The van der Waals surface area contributed by atoms with Crippen LogP contribution in [-0.4, -0.2) is 44.0 Å². The van der Waals surface area contributed by atoms with E-state index in [2.05, 4.69) is 10.3 Å². The normalized spacial score (nSPS) is 10.1. The summed E-state index contributed by atoms with van der Waals surface area (Å²) in [7, 11) is 3.62. The van der Waals surface area contributed by atoms with Gasteiger partial charge < -0.3 is 16.0 Å². The highest BCUT2D eigenvalue weighted by Gasteiger charge is 2.27. The minimum atomic E-state index is -3.09. The summed E-state index contributed by atoms with van der Waals surface area (Å²) in [6.07, 6.45) is 1.34. The van der Waals surface area contributed by atoms with Crippen LogP contribution in [0.1, 0.15) is 10.4 Å². The van der Waals surface area contributed by atoms with Crippen molar-refractivity contribution in [2.75, 3.05) is 32.1 Å². The van der Waals surface area contributed by atoms with Gasteiger partial charge in [0.2, 0.25) is 0 Å². The Morgan fingerprint density at radius 1 is 1.40 bits per heavy atom. The highest BCUT2D eigenvalue weighted by atomic mass is 35.5. The van der Waals surface area contributed by atoms with Gasteiger partial charge in [-0.3, -0.25) is 4.79 Å². The van der Waals surface area contributed by atoms with Crippen molar-refractivity contribution in [3.63, 3.8) is 0 Å². The Labute approximate surface area is 128 Å². The highest BCUT2D eigenvalue weighted by molar-refractivity contribution is 5.94. The molecule has 0 aliphatic carbocycles. The van der Waals surface area contributed by atoms with Crippen molar-refractivity contribution in [3.8, 4) is 0 Å². The third kappa shape index (κ3) is 6.31. The number of rotatable bonds is 5. The number of nitrogens with zero attached hydrogens (tertiary/aromatic N) is 2. The van der Waals surface area contributed by atoms with Crippen LogP contribution >= 0.6 is 24.8 Å². The Morgan fingerprint density at radius 2 is 2.00 bits per heavy atom. The van der Waals surface area contributed by atoms with Gasteiger partial charge in [-0.1, -0.05) is 0 Å². The molecule has 0 bridgehead atoms. The smallest absolute Gasteiger partial charge is 0.277 e. The lowest BCUT2D eigenvalue weighted by molar-refractivity contribution is 0.0118. The van der Waals surface area contributed by atoms with Crippen LogP contribution in [0.3, 0.4) is 0 Å². The number of carbonyl (C=O) groups is 1. The van der Waals surface area contributed by atoms with E-state index < -0.39 is 24.9 Å². The first kappa shape index (κ1) is 21.1. The van der Waals surface area contributed by atoms with Gasteiger partial charge in [0.05, 0.1) is 18.7 Å². The molecule has 0 aliphatic heterocycles. The summed E-state index contributed by atoms with van der Waals surface area (Å²) in [6.45, 7) is -1.58. The summed E-state index contributed by atoms with van der Waals surface area (Å²) in [6, 6.07) is 3.16. The maximum absolute atomic E-state index is 12.8. The number of alkyl halides is 2. The lowest BCUT2D eigenvalue weighted by atomic mass is 10.2. The molecule has 20 heavy (non-hydrogen) atoms. The van der Waals surface area contributed by atoms with Crippen LogP contribution in [0, 0.1) is 0 Å². The van der Waals surface area contributed by atoms with Gasteiger partial charge in [-0.25, -0.2) is 13.8 Å². The molecule has 9 heteroatoms. The first-order chi connectivity index (χ1) is 8.35. The molecule has 3 N–H and O–H groups in total. The van der Waals surface area contributed by atoms with Gasteiger partial charge in [-0.2, -0.15) is 0 Å². The lowest BCUT2D eigenvalue weighted by Crippen LogP contribution is -2.41. The second-order valence-electron chi connectivity index (χ2n) is 4.04. The largest absolute Gasteiger partial charge is 0.363 e.